The van der Waals surface area contributed by atoms with Gasteiger partial charge in [-0.05, 0) is 17.7 Å². The highest BCUT2D eigenvalue weighted by molar-refractivity contribution is 5.87. The standard InChI is InChI=1S/C14H17NO5/c1-19-14(18)12-9-20-7-6-15(12)8-10-2-4-11(5-3-10)13(16)17/h2-5,12H,6-9H2,1H3,(H,16,17). The maximum absolute atomic E-state index is 11.7. The van der Waals surface area contributed by atoms with Crippen LogP contribution in [0.4, 0.5) is 0 Å². The monoisotopic (exact) mass is 279 g/mol. The van der Waals surface area contributed by atoms with Crippen LogP contribution in [0.1, 0.15) is 15.9 Å². The van der Waals surface area contributed by atoms with Crippen LogP contribution in [0.15, 0.2) is 24.3 Å². The van der Waals surface area contributed by atoms with E-state index in [4.69, 9.17) is 14.6 Å². The molecule has 0 spiro atoms. The molecule has 0 aliphatic carbocycles. The van der Waals surface area contributed by atoms with Crippen LogP contribution >= 0.6 is 0 Å². The van der Waals surface area contributed by atoms with Gasteiger partial charge in [-0.25, -0.2) is 4.79 Å². The van der Waals surface area contributed by atoms with E-state index in [2.05, 4.69) is 0 Å². The lowest BCUT2D eigenvalue weighted by molar-refractivity contribution is -0.153. The molecule has 1 N–H and O–H groups in total. The minimum atomic E-state index is -0.949. The third-order valence-electron chi connectivity index (χ3n) is 3.30. The van der Waals surface area contributed by atoms with Crippen LogP contribution in [-0.4, -0.2) is 54.9 Å². The third kappa shape index (κ3) is 3.34. The second-order valence-corrected chi connectivity index (χ2v) is 4.59. The predicted octanol–water partition coefficient (Wildman–Crippen LogP) is 0.759. The number of carboxylic acids is 1. The summed E-state index contributed by atoms with van der Waals surface area (Å²) < 4.78 is 10.1. The average Bonchev–Trinajstić information content (AvgIpc) is 2.47. The molecule has 2 rings (SSSR count). The van der Waals surface area contributed by atoms with Crippen molar-refractivity contribution in [1.29, 1.82) is 0 Å². The molecule has 108 valence electrons. The van der Waals surface area contributed by atoms with Crippen molar-refractivity contribution in [2.24, 2.45) is 0 Å². The Kier molecular flexibility index (Phi) is 4.70. The molecule has 1 fully saturated rings. The molecular weight excluding hydrogens is 262 g/mol. The van der Waals surface area contributed by atoms with Gasteiger partial charge in [0.2, 0.25) is 0 Å². The summed E-state index contributed by atoms with van der Waals surface area (Å²) in [6, 6.07) is 6.23. The normalized spacial score (nSPS) is 19.6. The molecule has 1 heterocycles. The largest absolute Gasteiger partial charge is 0.478 e. The number of rotatable bonds is 4. The molecule has 6 nitrogen and oxygen atoms in total. The Morgan fingerprint density at radius 1 is 1.40 bits per heavy atom. The van der Waals surface area contributed by atoms with E-state index >= 15 is 0 Å². The van der Waals surface area contributed by atoms with Gasteiger partial charge in [-0.2, -0.15) is 0 Å². The van der Waals surface area contributed by atoms with Crippen molar-refractivity contribution in [2.75, 3.05) is 26.9 Å². The molecule has 20 heavy (non-hydrogen) atoms. The first-order valence-electron chi connectivity index (χ1n) is 6.33. The van der Waals surface area contributed by atoms with Crippen LogP contribution in [0.3, 0.4) is 0 Å². The number of morpholine rings is 1. The zero-order chi connectivity index (χ0) is 14.5. The molecule has 0 radical (unpaired) electrons. The van der Waals surface area contributed by atoms with Crippen LogP contribution < -0.4 is 0 Å². The van der Waals surface area contributed by atoms with Crippen LogP contribution in [0.2, 0.25) is 0 Å². The Morgan fingerprint density at radius 3 is 2.70 bits per heavy atom. The van der Waals surface area contributed by atoms with Crippen LogP contribution in [0.25, 0.3) is 0 Å². The summed E-state index contributed by atoms with van der Waals surface area (Å²) in [5.74, 6) is -1.26. The first kappa shape index (κ1) is 14.5. The summed E-state index contributed by atoms with van der Waals surface area (Å²) in [7, 11) is 1.36. The number of nitrogens with zero attached hydrogens (tertiary/aromatic N) is 1. The molecule has 0 amide bonds. The van der Waals surface area contributed by atoms with Gasteiger partial charge in [-0.3, -0.25) is 9.69 Å². The Morgan fingerprint density at radius 2 is 2.10 bits per heavy atom. The van der Waals surface area contributed by atoms with Crippen LogP contribution in [-0.2, 0) is 20.8 Å². The molecule has 0 saturated carbocycles. The zero-order valence-corrected chi connectivity index (χ0v) is 11.2. The molecule has 0 bridgehead atoms. The van der Waals surface area contributed by atoms with Crippen molar-refractivity contribution in [3.63, 3.8) is 0 Å². The second-order valence-electron chi connectivity index (χ2n) is 4.59. The highest BCUT2D eigenvalue weighted by Gasteiger charge is 2.30. The quantitative estimate of drug-likeness (QED) is 0.820. The van der Waals surface area contributed by atoms with Crippen molar-refractivity contribution in [1.82, 2.24) is 4.90 Å². The highest BCUT2D eigenvalue weighted by Crippen LogP contribution is 2.14. The lowest BCUT2D eigenvalue weighted by atomic mass is 10.1. The number of ether oxygens (including phenoxy) is 2. The lowest BCUT2D eigenvalue weighted by Crippen LogP contribution is -2.49. The highest BCUT2D eigenvalue weighted by atomic mass is 16.5. The van der Waals surface area contributed by atoms with E-state index < -0.39 is 12.0 Å². The zero-order valence-electron chi connectivity index (χ0n) is 11.2. The van der Waals surface area contributed by atoms with Crippen molar-refractivity contribution < 1.29 is 24.2 Å². The molecule has 1 aliphatic rings. The van der Waals surface area contributed by atoms with Gasteiger partial charge < -0.3 is 14.6 Å². The van der Waals surface area contributed by atoms with E-state index in [1.807, 2.05) is 4.90 Å². The molecule has 1 aromatic carbocycles. The Bertz CT molecular complexity index is 485. The fourth-order valence-corrected chi connectivity index (χ4v) is 2.17. The smallest absolute Gasteiger partial charge is 0.335 e. The molecule has 0 aromatic heterocycles. The fourth-order valence-electron chi connectivity index (χ4n) is 2.17. The van der Waals surface area contributed by atoms with Gasteiger partial charge in [0, 0.05) is 13.1 Å². The number of carboxylic acid groups (broad SMARTS) is 1. The Labute approximate surface area is 116 Å². The summed E-state index contributed by atoms with van der Waals surface area (Å²) >= 11 is 0. The molecule has 1 atom stereocenters. The van der Waals surface area contributed by atoms with Gasteiger partial charge in [0.05, 0.1) is 25.9 Å². The Balaban J connectivity index is 2.06. The summed E-state index contributed by atoms with van der Waals surface area (Å²) in [6.45, 7) is 2.09. The number of aromatic carboxylic acids is 1. The molecule has 1 aliphatic heterocycles. The summed E-state index contributed by atoms with van der Waals surface area (Å²) in [5, 5.41) is 8.86. The maximum atomic E-state index is 11.7. The van der Waals surface area contributed by atoms with E-state index in [0.29, 0.717) is 26.3 Å². The summed E-state index contributed by atoms with van der Waals surface area (Å²) in [4.78, 5) is 24.5. The van der Waals surface area contributed by atoms with Crippen LogP contribution in [0, 0.1) is 0 Å². The van der Waals surface area contributed by atoms with Gasteiger partial charge in [-0.15, -0.1) is 0 Å². The lowest BCUT2D eigenvalue weighted by Gasteiger charge is -2.33. The molecule has 1 unspecified atom stereocenters. The topological polar surface area (TPSA) is 76.1 Å². The fraction of sp³-hybridized carbons (Fsp3) is 0.429. The molecule has 6 heteroatoms. The van der Waals surface area contributed by atoms with E-state index in [-0.39, 0.29) is 11.5 Å². The first-order valence-corrected chi connectivity index (χ1v) is 6.33. The Hall–Kier alpha value is -1.92. The van der Waals surface area contributed by atoms with Crippen molar-refractivity contribution in [3.8, 4) is 0 Å². The average molecular weight is 279 g/mol. The van der Waals surface area contributed by atoms with E-state index in [0.717, 1.165) is 5.56 Å². The molecule has 1 aromatic rings. The second kappa shape index (κ2) is 6.49. The minimum Gasteiger partial charge on any atom is -0.478 e. The number of esters is 1. The minimum absolute atomic E-state index is 0.250. The first-order chi connectivity index (χ1) is 9.61. The maximum Gasteiger partial charge on any atom is 0.335 e. The SMILES string of the molecule is COC(=O)C1COCCN1Cc1ccc(C(=O)O)cc1. The summed E-state index contributed by atoms with van der Waals surface area (Å²) in [5.41, 5.74) is 1.20. The van der Waals surface area contributed by atoms with E-state index in [9.17, 15) is 9.59 Å². The van der Waals surface area contributed by atoms with E-state index in [1.54, 1.807) is 24.3 Å². The number of hydrogen-bond acceptors (Lipinski definition) is 5. The number of carbonyl (C=O) groups excluding carboxylic acids is 1. The number of methoxy groups -OCH3 is 1. The number of hydrogen-bond donors (Lipinski definition) is 1. The predicted molar refractivity (Wildman–Crippen MR) is 70.4 cm³/mol. The molecule has 1 saturated heterocycles. The van der Waals surface area contributed by atoms with Crippen molar-refractivity contribution in [2.45, 2.75) is 12.6 Å². The van der Waals surface area contributed by atoms with Crippen LogP contribution in [0.5, 0.6) is 0 Å². The van der Waals surface area contributed by atoms with Gasteiger partial charge in [0.25, 0.3) is 0 Å². The van der Waals surface area contributed by atoms with Gasteiger partial charge in [0.1, 0.15) is 6.04 Å². The summed E-state index contributed by atoms with van der Waals surface area (Å²) in [6.07, 6.45) is 0. The van der Waals surface area contributed by atoms with Gasteiger partial charge in [0.15, 0.2) is 0 Å². The number of carbonyl (C=O) groups is 2. The van der Waals surface area contributed by atoms with Crippen molar-refractivity contribution >= 4 is 11.9 Å². The third-order valence-corrected chi connectivity index (χ3v) is 3.30. The van der Waals surface area contributed by atoms with Gasteiger partial charge >= 0.3 is 11.9 Å². The number of benzene rings is 1. The van der Waals surface area contributed by atoms with Crippen molar-refractivity contribution in [3.05, 3.63) is 35.4 Å². The molecular formula is C14H17NO5. The van der Waals surface area contributed by atoms with Gasteiger partial charge in [-0.1, -0.05) is 12.1 Å². The van der Waals surface area contributed by atoms with E-state index in [1.165, 1.54) is 7.11 Å².